The average Bonchev–Trinajstić information content (AvgIpc) is 2.26. The molecule has 0 saturated heterocycles. The summed E-state index contributed by atoms with van der Waals surface area (Å²) in [5.74, 6) is -0.236. The number of alkyl halides is 1. The monoisotopic (exact) mass is 307 g/mol. The third-order valence-electron chi connectivity index (χ3n) is 2.35. The fraction of sp³-hybridized carbons (Fsp3) is 0.500. The van der Waals surface area contributed by atoms with Crippen molar-refractivity contribution in [3.05, 3.63) is 34.6 Å². The first kappa shape index (κ1) is 13.9. The lowest BCUT2D eigenvalue weighted by atomic mass is 10.2. The maximum atomic E-state index is 13.3. The lowest BCUT2D eigenvalue weighted by Crippen LogP contribution is -2.16. The summed E-state index contributed by atoms with van der Waals surface area (Å²) in [4.78, 5) is 0. The molecule has 1 aromatic rings. The van der Waals surface area contributed by atoms with Crippen molar-refractivity contribution in [1.29, 1.82) is 0 Å². The first-order valence-electron chi connectivity index (χ1n) is 5.45. The van der Waals surface area contributed by atoms with Crippen LogP contribution in [-0.4, -0.2) is 11.9 Å². The van der Waals surface area contributed by atoms with E-state index in [1.807, 2.05) is 0 Å². The van der Waals surface area contributed by atoms with E-state index in [0.29, 0.717) is 17.1 Å². The standard InChI is InChI=1S/C12H16BrClFN/c13-7-2-1-3-8-16-9-10-11(14)5-4-6-12(10)15/h4-6,16H,1-3,7-9H2. The van der Waals surface area contributed by atoms with Crippen LogP contribution in [0.2, 0.25) is 5.02 Å². The second-order valence-electron chi connectivity index (χ2n) is 3.63. The number of halogens is 3. The molecule has 0 aliphatic rings. The average molecular weight is 309 g/mol. The van der Waals surface area contributed by atoms with Crippen LogP contribution >= 0.6 is 27.5 Å². The topological polar surface area (TPSA) is 12.0 Å². The third kappa shape index (κ3) is 4.81. The zero-order valence-electron chi connectivity index (χ0n) is 9.11. The van der Waals surface area contributed by atoms with Crippen molar-refractivity contribution in [2.75, 3.05) is 11.9 Å². The molecule has 0 aliphatic heterocycles. The van der Waals surface area contributed by atoms with Crippen LogP contribution in [-0.2, 0) is 6.54 Å². The Labute approximate surface area is 110 Å². The Morgan fingerprint density at radius 3 is 2.75 bits per heavy atom. The molecule has 0 fully saturated rings. The van der Waals surface area contributed by atoms with E-state index in [1.54, 1.807) is 12.1 Å². The van der Waals surface area contributed by atoms with Crippen LogP contribution in [0.25, 0.3) is 0 Å². The van der Waals surface area contributed by atoms with Gasteiger partial charge in [0, 0.05) is 22.5 Å². The van der Waals surface area contributed by atoms with Gasteiger partial charge in [-0.15, -0.1) is 0 Å². The largest absolute Gasteiger partial charge is 0.313 e. The van der Waals surface area contributed by atoms with Gasteiger partial charge in [0.1, 0.15) is 5.82 Å². The second kappa shape index (κ2) is 8.04. The Morgan fingerprint density at radius 2 is 2.06 bits per heavy atom. The quantitative estimate of drug-likeness (QED) is 0.590. The summed E-state index contributed by atoms with van der Waals surface area (Å²) in [5.41, 5.74) is 0.560. The molecule has 1 aromatic carbocycles. The first-order valence-corrected chi connectivity index (χ1v) is 6.95. The maximum Gasteiger partial charge on any atom is 0.129 e. The maximum absolute atomic E-state index is 13.3. The smallest absolute Gasteiger partial charge is 0.129 e. The van der Waals surface area contributed by atoms with Gasteiger partial charge in [-0.25, -0.2) is 4.39 Å². The molecule has 1 rings (SSSR count). The van der Waals surface area contributed by atoms with Gasteiger partial charge in [0.25, 0.3) is 0 Å². The molecule has 1 N–H and O–H groups in total. The fourth-order valence-electron chi connectivity index (χ4n) is 1.44. The molecule has 90 valence electrons. The van der Waals surface area contributed by atoms with Crippen molar-refractivity contribution in [2.45, 2.75) is 25.8 Å². The number of hydrogen-bond donors (Lipinski definition) is 1. The SMILES string of the molecule is Fc1cccc(Cl)c1CNCCCCCBr. The van der Waals surface area contributed by atoms with Gasteiger partial charge in [0.15, 0.2) is 0 Å². The molecule has 0 saturated carbocycles. The van der Waals surface area contributed by atoms with E-state index in [2.05, 4.69) is 21.2 Å². The Kier molecular flexibility index (Phi) is 7.01. The van der Waals surface area contributed by atoms with Gasteiger partial charge in [-0.3, -0.25) is 0 Å². The summed E-state index contributed by atoms with van der Waals surface area (Å²) in [6.45, 7) is 1.40. The summed E-state index contributed by atoms with van der Waals surface area (Å²) in [7, 11) is 0. The summed E-state index contributed by atoms with van der Waals surface area (Å²) < 4.78 is 13.3. The molecule has 0 bridgehead atoms. The van der Waals surface area contributed by atoms with E-state index in [0.717, 1.165) is 18.3 Å². The van der Waals surface area contributed by atoms with E-state index in [9.17, 15) is 4.39 Å². The Balaban J connectivity index is 2.26. The Morgan fingerprint density at radius 1 is 1.25 bits per heavy atom. The van der Waals surface area contributed by atoms with Gasteiger partial charge >= 0.3 is 0 Å². The summed E-state index contributed by atoms with van der Waals surface area (Å²) in [5, 5.41) is 4.74. The lowest BCUT2D eigenvalue weighted by Gasteiger charge is -2.07. The first-order chi connectivity index (χ1) is 7.75. The molecule has 4 heteroatoms. The Bertz CT molecular complexity index is 300. The number of nitrogens with one attached hydrogen (secondary N) is 1. The van der Waals surface area contributed by atoms with Gasteiger partial charge in [-0.2, -0.15) is 0 Å². The fourth-order valence-corrected chi connectivity index (χ4v) is 2.06. The molecule has 0 heterocycles. The lowest BCUT2D eigenvalue weighted by molar-refractivity contribution is 0.574. The number of hydrogen-bond acceptors (Lipinski definition) is 1. The highest BCUT2D eigenvalue weighted by molar-refractivity contribution is 9.09. The number of unbranched alkanes of at least 4 members (excludes halogenated alkanes) is 2. The van der Waals surface area contributed by atoms with Crippen molar-refractivity contribution in [1.82, 2.24) is 5.32 Å². The highest BCUT2D eigenvalue weighted by Gasteiger charge is 2.05. The molecule has 1 nitrogen and oxygen atoms in total. The number of rotatable bonds is 7. The highest BCUT2D eigenvalue weighted by atomic mass is 79.9. The normalized spacial score (nSPS) is 10.7. The van der Waals surface area contributed by atoms with Crippen LogP contribution in [0.1, 0.15) is 24.8 Å². The highest BCUT2D eigenvalue weighted by Crippen LogP contribution is 2.18. The van der Waals surface area contributed by atoms with E-state index in [1.165, 1.54) is 18.9 Å². The van der Waals surface area contributed by atoms with Gasteiger partial charge in [-0.1, -0.05) is 40.0 Å². The molecular formula is C12H16BrClFN. The molecule has 0 amide bonds. The minimum absolute atomic E-state index is 0.236. The molecule has 0 unspecified atom stereocenters. The molecule has 0 radical (unpaired) electrons. The van der Waals surface area contributed by atoms with Crippen LogP contribution < -0.4 is 5.32 Å². The Hall–Kier alpha value is -0.120. The van der Waals surface area contributed by atoms with Crippen LogP contribution in [0.15, 0.2) is 18.2 Å². The molecule has 0 aromatic heterocycles. The summed E-state index contributed by atoms with van der Waals surface area (Å²) in [6, 6.07) is 4.78. The second-order valence-corrected chi connectivity index (χ2v) is 4.83. The minimum atomic E-state index is -0.236. The third-order valence-corrected chi connectivity index (χ3v) is 3.27. The van der Waals surface area contributed by atoms with Gasteiger partial charge in [0.05, 0.1) is 0 Å². The van der Waals surface area contributed by atoms with Gasteiger partial charge < -0.3 is 5.32 Å². The minimum Gasteiger partial charge on any atom is -0.313 e. The molecule has 0 aliphatic carbocycles. The van der Waals surface area contributed by atoms with Crippen molar-refractivity contribution < 1.29 is 4.39 Å². The van der Waals surface area contributed by atoms with Gasteiger partial charge in [0.2, 0.25) is 0 Å². The van der Waals surface area contributed by atoms with Crippen LogP contribution in [0, 0.1) is 5.82 Å². The van der Waals surface area contributed by atoms with Crippen LogP contribution in [0.5, 0.6) is 0 Å². The summed E-state index contributed by atoms with van der Waals surface area (Å²) >= 11 is 9.29. The predicted molar refractivity (Wildman–Crippen MR) is 70.8 cm³/mol. The number of benzene rings is 1. The van der Waals surface area contributed by atoms with E-state index < -0.39 is 0 Å². The molecule has 0 atom stereocenters. The van der Waals surface area contributed by atoms with Crippen molar-refractivity contribution in [3.63, 3.8) is 0 Å². The molecule has 0 spiro atoms. The van der Waals surface area contributed by atoms with Crippen LogP contribution in [0.4, 0.5) is 4.39 Å². The zero-order valence-corrected chi connectivity index (χ0v) is 11.5. The summed E-state index contributed by atoms with van der Waals surface area (Å²) in [6.07, 6.45) is 3.48. The van der Waals surface area contributed by atoms with Crippen molar-refractivity contribution >= 4 is 27.5 Å². The van der Waals surface area contributed by atoms with Crippen molar-refractivity contribution in [3.8, 4) is 0 Å². The predicted octanol–water partition coefficient (Wildman–Crippen LogP) is 4.13. The van der Waals surface area contributed by atoms with E-state index in [4.69, 9.17) is 11.6 Å². The van der Waals surface area contributed by atoms with E-state index >= 15 is 0 Å². The van der Waals surface area contributed by atoms with Crippen molar-refractivity contribution in [2.24, 2.45) is 0 Å². The van der Waals surface area contributed by atoms with Crippen LogP contribution in [0.3, 0.4) is 0 Å². The van der Waals surface area contributed by atoms with E-state index in [-0.39, 0.29) is 5.82 Å². The van der Waals surface area contributed by atoms with Gasteiger partial charge in [-0.05, 0) is 31.5 Å². The molecular weight excluding hydrogens is 292 g/mol. The molecule has 16 heavy (non-hydrogen) atoms. The zero-order chi connectivity index (χ0) is 11.8.